The predicted molar refractivity (Wildman–Crippen MR) is 59.8 cm³/mol. The zero-order valence-corrected chi connectivity index (χ0v) is 9.95. The van der Waals surface area contributed by atoms with Gasteiger partial charge in [-0.2, -0.15) is 0 Å². The topological polar surface area (TPSA) is 59.1 Å². The highest BCUT2D eigenvalue weighted by Gasteiger charge is 2.19. The van der Waals surface area contributed by atoms with Crippen LogP contribution in [0.15, 0.2) is 24.5 Å². The lowest BCUT2D eigenvalue weighted by molar-refractivity contribution is 0.557. The molecule has 0 aliphatic rings. The summed E-state index contributed by atoms with van der Waals surface area (Å²) in [6.07, 6.45) is 3.32. The number of hydrogen-bond donors (Lipinski definition) is 1. The van der Waals surface area contributed by atoms with Gasteiger partial charge in [0, 0.05) is 18.4 Å². The Morgan fingerprint density at radius 2 is 2.00 bits per heavy atom. The van der Waals surface area contributed by atoms with Gasteiger partial charge in [0.25, 0.3) is 0 Å². The van der Waals surface area contributed by atoms with E-state index in [0.29, 0.717) is 0 Å². The van der Waals surface area contributed by atoms with Crippen molar-refractivity contribution in [1.82, 2.24) is 9.71 Å². The van der Waals surface area contributed by atoms with Crippen molar-refractivity contribution < 1.29 is 8.42 Å². The molecule has 0 aliphatic carbocycles. The van der Waals surface area contributed by atoms with Crippen LogP contribution in [0.2, 0.25) is 0 Å². The lowest BCUT2D eigenvalue weighted by atomic mass is 10.2. The van der Waals surface area contributed by atoms with Crippen LogP contribution in [-0.2, 0) is 10.0 Å². The van der Waals surface area contributed by atoms with Crippen LogP contribution in [0, 0.1) is 0 Å². The second kappa shape index (κ2) is 4.72. The first kappa shape index (κ1) is 12.1. The second-order valence-electron chi connectivity index (χ2n) is 3.72. The van der Waals surface area contributed by atoms with Crippen LogP contribution in [0.5, 0.6) is 0 Å². The number of nitrogens with one attached hydrogen (secondary N) is 1. The minimum absolute atomic E-state index is 0.244. The summed E-state index contributed by atoms with van der Waals surface area (Å²) in [6, 6.07) is 3.39. The lowest BCUT2D eigenvalue weighted by Gasteiger charge is -2.15. The standard InChI is InChI=1S/C10H16N2O2S/c1-8(2)15(13,14)12-9(3)10-5-4-6-11-7-10/h4-9,12H,1-3H3/t9-/m0/s1. The van der Waals surface area contributed by atoms with Crippen LogP contribution in [0.4, 0.5) is 0 Å². The maximum absolute atomic E-state index is 11.6. The van der Waals surface area contributed by atoms with Crippen LogP contribution in [0.3, 0.4) is 0 Å². The van der Waals surface area contributed by atoms with Gasteiger partial charge >= 0.3 is 0 Å². The van der Waals surface area contributed by atoms with Gasteiger partial charge in [-0.3, -0.25) is 4.98 Å². The van der Waals surface area contributed by atoms with Crippen molar-refractivity contribution >= 4 is 10.0 Å². The van der Waals surface area contributed by atoms with E-state index in [4.69, 9.17) is 0 Å². The van der Waals surface area contributed by atoms with E-state index in [1.54, 1.807) is 39.2 Å². The normalized spacial score (nSPS) is 14.1. The van der Waals surface area contributed by atoms with Crippen molar-refractivity contribution in [3.8, 4) is 0 Å². The summed E-state index contributed by atoms with van der Waals surface area (Å²) in [4.78, 5) is 3.95. The molecule has 0 bridgehead atoms. The van der Waals surface area contributed by atoms with E-state index < -0.39 is 15.3 Å². The molecule has 15 heavy (non-hydrogen) atoms. The highest BCUT2D eigenvalue weighted by molar-refractivity contribution is 7.90. The number of aromatic nitrogens is 1. The van der Waals surface area contributed by atoms with Crippen molar-refractivity contribution in [1.29, 1.82) is 0 Å². The van der Waals surface area contributed by atoms with Gasteiger partial charge in [-0.05, 0) is 32.4 Å². The first-order valence-corrected chi connectivity index (χ1v) is 6.39. The molecular weight excluding hydrogens is 212 g/mol. The molecule has 0 saturated heterocycles. The Labute approximate surface area is 90.8 Å². The maximum Gasteiger partial charge on any atom is 0.214 e. The average Bonchev–Trinajstić information content (AvgIpc) is 2.18. The largest absolute Gasteiger partial charge is 0.264 e. The third-order valence-electron chi connectivity index (χ3n) is 2.15. The van der Waals surface area contributed by atoms with E-state index in [0.717, 1.165) is 5.56 Å². The molecule has 0 unspecified atom stereocenters. The van der Waals surface area contributed by atoms with Gasteiger partial charge in [-0.15, -0.1) is 0 Å². The fourth-order valence-corrected chi connectivity index (χ4v) is 1.98. The molecule has 84 valence electrons. The minimum Gasteiger partial charge on any atom is -0.264 e. The van der Waals surface area contributed by atoms with Crippen LogP contribution in [0.25, 0.3) is 0 Å². The molecule has 0 spiro atoms. The molecule has 1 aromatic heterocycles. The number of nitrogens with zero attached hydrogens (tertiary/aromatic N) is 1. The average molecular weight is 228 g/mol. The highest BCUT2D eigenvalue weighted by Crippen LogP contribution is 2.12. The van der Waals surface area contributed by atoms with Gasteiger partial charge in [0.2, 0.25) is 10.0 Å². The van der Waals surface area contributed by atoms with E-state index in [9.17, 15) is 8.42 Å². The Morgan fingerprint density at radius 1 is 1.33 bits per heavy atom. The molecule has 1 N–H and O–H groups in total. The third-order valence-corrected chi connectivity index (χ3v) is 4.07. The van der Waals surface area contributed by atoms with Gasteiger partial charge in [0.15, 0.2) is 0 Å². The van der Waals surface area contributed by atoms with E-state index in [2.05, 4.69) is 9.71 Å². The minimum atomic E-state index is -3.22. The zero-order chi connectivity index (χ0) is 11.5. The summed E-state index contributed by atoms with van der Waals surface area (Å²) in [7, 11) is -3.22. The summed E-state index contributed by atoms with van der Waals surface area (Å²) >= 11 is 0. The van der Waals surface area contributed by atoms with Crippen molar-refractivity contribution in [2.75, 3.05) is 0 Å². The number of sulfonamides is 1. The Hall–Kier alpha value is -0.940. The highest BCUT2D eigenvalue weighted by atomic mass is 32.2. The number of hydrogen-bond acceptors (Lipinski definition) is 3. The van der Waals surface area contributed by atoms with Gasteiger partial charge in [-0.1, -0.05) is 6.07 Å². The quantitative estimate of drug-likeness (QED) is 0.849. The third kappa shape index (κ3) is 3.28. The Balaban J connectivity index is 2.77. The molecule has 0 aromatic carbocycles. The predicted octanol–water partition coefficient (Wildman–Crippen LogP) is 1.47. The Bertz CT molecular complexity index is 401. The van der Waals surface area contributed by atoms with Gasteiger partial charge in [0.1, 0.15) is 0 Å². The van der Waals surface area contributed by atoms with Gasteiger partial charge < -0.3 is 0 Å². The Morgan fingerprint density at radius 3 is 2.47 bits per heavy atom. The zero-order valence-electron chi connectivity index (χ0n) is 9.14. The molecule has 0 radical (unpaired) electrons. The molecule has 4 nitrogen and oxygen atoms in total. The first-order chi connectivity index (χ1) is 6.93. The van der Waals surface area contributed by atoms with Crippen molar-refractivity contribution in [2.24, 2.45) is 0 Å². The number of rotatable bonds is 4. The van der Waals surface area contributed by atoms with E-state index in [-0.39, 0.29) is 6.04 Å². The molecule has 0 amide bonds. The molecule has 5 heteroatoms. The summed E-state index contributed by atoms with van der Waals surface area (Å²) in [5, 5.41) is -0.420. The second-order valence-corrected chi connectivity index (χ2v) is 5.99. The fraction of sp³-hybridized carbons (Fsp3) is 0.500. The monoisotopic (exact) mass is 228 g/mol. The van der Waals surface area contributed by atoms with E-state index in [1.807, 2.05) is 6.07 Å². The van der Waals surface area contributed by atoms with E-state index >= 15 is 0 Å². The summed E-state index contributed by atoms with van der Waals surface area (Å²) in [6.45, 7) is 5.10. The molecule has 1 aromatic rings. The molecule has 0 aliphatic heterocycles. The summed E-state index contributed by atoms with van der Waals surface area (Å²) in [5.74, 6) is 0. The fourth-order valence-electron chi connectivity index (χ4n) is 1.08. The maximum atomic E-state index is 11.6. The SMILES string of the molecule is CC(C)S(=O)(=O)N[C@@H](C)c1cccnc1. The molecular formula is C10H16N2O2S. The smallest absolute Gasteiger partial charge is 0.214 e. The summed E-state index contributed by atoms with van der Waals surface area (Å²) in [5.41, 5.74) is 0.863. The first-order valence-electron chi connectivity index (χ1n) is 4.84. The molecule has 1 heterocycles. The molecule has 1 rings (SSSR count). The van der Waals surface area contributed by atoms with Gasteiger partial charge in [-0.25, -0.2) is 13.1 Å². The van der Waals surface area contributed by atoms with Crippen molar-refractivity contribution in [3.63, 3.8) is 0 Å². The number of pyridine rings is 1. The lowest BCUT2D eigenvalue weighted by Crippen LogP contribution is -2.32. The van der Waals surface area contributed by atoms with Crippen LogP contribution in [0.1, 0.15) is 32.4 Å². The Kier molecular flexibility index (Phi) is 3.82. The van der Waals surface area contributed by atoms with Crippen LogP contribution >= 0.6 is 0 Å². The molecule has 0 fully saturated rings. The van der Waals surface area contributed by atoms with Crippen molar-refractivity contribution in [3.05, 3.63) is 30.1 Å². The summed E-state index contributed by atoms with van der Waals surface area (Å²) < 4.78 is 25.8. The van der Waals surface area contributed by atoms with Crippen LogP contribution < -0.4 is 4.72 Å². The van der Waals surface area contributed by atoms with E-state index in [1.165, 1.54) is 0 Å². The van der Waals surface area contributed by atoms with Gasteiger partial charge in [0.05, 0.1) is 5.25 Å². The molecule has 1 atom stereocenters. The van der Waals surface area contributed by atoms with Crippen LogP contribution in [-0.4, -0.2) is 18.7 Å². The molecule has 0 saturated carbocycles. The van der Waals surface area contributed by atoms with Crippen molar-refractivity contribution in [2.45, 2.75) is 32.1 Å².